The third kappa shape index (κ3) is 2.98. The molecule has 0 saturated heterocycles. The summed E-state index contributed by atoms with van der Waals surface area (Å²) >= 11 is 5.58. The van der Waals surface area contributed by atoms with Gasteiger partial charge >= 0.3 is 0 Å². The van der Waals surface area contributed by atoms with E-state index in [4.69, 9.17) is 11.6 Å². The average molecular weight is 276 g/mol. The second-order valence-electron chi connectivity index (χ2n) is 4.01. The van der Waals surface area contributed by atoms with Gasteiger partial charge in [-0.2, -0.15) is 0 Å². The molecule has 0 spiro atoms. The zero-order valence-corrected chi connectivity index (χ0v) is 10.7. The van der Waals surface area contributed by atoms with Gasteiger partial charge in [-0.3, -0.25) is 4.79 Å². The summed E-state index contributed by atoms with van der Waals surface area (Å²) in [5.74, 6) is -1.54. The Morgan fingerprint density at radius 2 is 2.06 bits per heavy atom. The smallest absolute Gasteiger partial charge is 0.254 e. The van der Waals surface area contributed by atoms with Crippen molar-refractivity contribution in [1.29, 1.82) is 0 Å². The summed E-state index contributed by atoms with van der Waals surface area (Å²) in [6.07, 6.45) is 0.313. The van der Waals surface area contributed by atoms with E-state index in [0.29, 0.717) is 6.42 Å². The Morgan fingerprint density at radius 1 is 1.44 bits per heavy atom. The zero-order chi connectivity index (χ0) is 13.8. The fourth-order valence-corrected chi connectivity index (χ4v) is 1.60. The van der Waals surface area contributed by atoms with E-state index in [9.17, 15) is 19.4 Å². The number of rotatable bonds is 5. The molecule has 6 heteroatoms. The zero-order valence-electron chi connectivity index (χ0n) is 9.91. The number of carbonyl (C=O) groups is 1. The van der Waals surface area contributed by atoms with Gasteiger partial charge in [0.1, 0.15) is 0 Å². The Balaban J connectivity index is 2.98. The second-order valence-corrected chi connectivity index (χ2v) is 4.41. The van der Waals surface area contributed by atoms with Crippen molar-refractivity contribution in [1.82, 2.24) is 5.32 Å². The molecule has 0 radical (unpaired) electrons. The largest absolute Gasteiger partial charge is 0.394 e. The highest BCUT2D eigenvalue weighted by Gasteiger charge is 2.30. The number of benzene rings is 1. The van der Waals surface area contributed by atoms with Crippen molar-refractivity contribution in [3.63, 3.8) is 0 Å². The van der Waals surface area contributed by atoms with E-state index in [1.165, 1.54) is 18.2 Å². The first-order chi connectivity index (χ1) is 8.49. The second kappa shape index (κ2) is 6.13. The Bertz CT molecular complexity index is 427. The van der Waals surface area contributed by atoms with Crippen LogP contribution in [0.5, 0.6) is 0 Å². The molecule has 0 atom stereocenters. The maximum Gasteiger partial charge on any atom is 0.254 e. The topological polar surface area (TPSA) is 69.6 Å². The van der Waals surface area contributed by atoms with Crippen LogP contribution in [0.25, 0.3) is 0 Å². The monoisotopic (exact) mass is 275 g/mol. The van der Waals surface area contributed by atoms with Crippen molar-refractivity contribution in [3.05, 3.63) is 34.6 Å². The molecule has 1 aromatic rings. The lowest BCUT2D eigenvalue weighted by Crippen LogP contribution is -2.53. The summed E-state index contributed by atoms with van der Waals surface area (Å²) in [6.45, 7) is 0.822. The molecule has 3 N–H and O–H groups in total. The predicted molar refractivity (Wildman–Crippen MR) is 66.1 cm³/mol. The molecule has 1 rings (SSSR count). The van der Waals surface area contributed by atoms with E-state index < -0.39 is 30.5 Å². The van der Waals surface area contributed by atoms with Gasteiger partial charge in [0, 0.05) is 0 Å². The molecule has 0 saturated carbocycles. The SMILES string of the molecule is CCC(CO)(CO)NC(=O)c1cccc(Cl)c1F. The maximum absolute atomic E-state index is 13.6. The lowest BCUT2D eigenvalue weighted by molar-refractivity contribution is 0.0650. The lowest BCUT2D eigenvalue weighted by atomic mass is 9.97. The van der Waals surface area contributed by atoms with Crippen molar-refractivity contribution >= 4 is 17.5 Å². The van der Waals surface area contributed by atoms with Gasteiger partial charge in [-0.25, -0.2) is 4.39 Å². The van der Waals surface area contributed by atoms with Crippen LogP contribution in [0.2, 0.25) is 5.02 Å². The number of aliphatic hydroxyl groups is 2. The van der Waals surface area contributed by atoms with Gasteiger partial charge in [0.05, 0.1) is 29.3 Å². The highest BCUT2D eigenvalue weighted by atomic mass is 35.5. The van der Waals surface area contributed by atoms with Crippen LogP contribution in [0, 0.1) is 5.82 Å². The normalized spacial score (nSPS) is 11.4. The number of aliphatic hydroxyl groups excluding tert-OH is 2. The minimum atomic E-state index is -1.16. The summed E-state index contributed by atoms with van der Waals surface area (Å²) in [4.78, 5) is 11.9. The lowest BCUT2D eigenvalue weighted by Gasteiger charge is -2.29. The third-order valence-electron chi connectivity index (χ3n) is 2.86. The summed E-state index contributed by atoms with van der Waals surface area (Å²) in [6, 6.07) is 4.07. The molecule has 0 fully saturated rings. The van der Waals surface area contributed by atoms with Crippen LogP contribution < -0.4 is 5.32 Å². The van der Waals surface area contributed by atoms with Gasteiger partial charge in [0.25, 0.3) is 5.91 Å². The van der Waals surface area contributed by atoms with Crippen molar-refractivity contribution in [2.75, 3.05) is 13.2 Å². The number of amides is 1. The summed E-state index contributed by atoms with van der Waals surface area (Å²) < 4.78 is 13.6. The fraction of sp³-hybridized carbons (Fsp3) is 0.417. The first-order valence-electron chi connectivity index (χ1n) is 5.48. The molecule has 0 aliphatic rings. The average Bonchev–Trinajstić information content (AvgIpc) is 2.39. The summed E-state index contributed by atoms with van der Waals surface area (Å²) in [7, 11) is 0. The van der Waals surface area contributed by atoms with E-state index in [1.807, 2.05) is 0 Å². The number of hydrogen-bond acceptors (Lipinski definition) is 3. The molecule has 100 valence electrons. The molecule has 0 bridgehead atoms. The van der Waals surface area contributed by atoms with Crippen LogP contribution in [0.4, 0.5) is 4.39 Å². The standard InChI is InChI=1S/C12H15ClFNO3/c1-2-12(6-16,7-17)15-11(18)8-4-3-5-9(13)10(8)14/h3-5,16-17H,2,6-7H2,1H3,(H,15,18). The van der Waals surface area contributed by atoms with Crippen LogP contribution in [-0.4, -0.2) is 34.9 Å². The van der Waals surface area contributed by atoms with E-state index in [2.05, 4.69) is 5.32 Å². The van der Waals surface area contributed by atoms with Crippen LogP contribution in [-0.2, 0) is 0 Å². The van der Waals surface area contributed by atoms with E-state index in [1.54, 1.807) is 6.92 Å². The maximum atomic E-state index is 13.6. The highest BCUT2D eigenvalue weighted by molar-refractivity contribution is 6.31. The number of halogens is 2. The summed E-state index contributed by atoms with van der Waals surface area (Å²) in [5, 5.41) is 20.7. The first kappa shape index (κ1) is 14.9. The molecule has 0 unspecified atom stereocenters. The first-order valence-corrected chi connectivity index (χ1v) is 5.85. The molecular weight excluding hydrogens is 261 g/mol. The number of hydrogen-bond donors (Lipinski definition) is 3. The molecule has 0 heterocycles. The van der Waals surface area contributed by atoms with Crippen molar-refractivity contribution < 1.29 is 19.4 Å². The molecule has 4 nitrogen and oxygen atoms in total. The molecule has 1 amide bonds. The van der Waals surface area contributed by atoms with Crippen LogP contribution in [0.3, 0.4) is 0 Å². The van der Waals surface area contributed by atoms with Gasteiger partial charge in [0.15, 0.2) is 5.82 Å². The van der Waals surface area contributed by atoms with Gasteiger partial charge in [-0.05, 0) is 18.6 Å². The molecule has 0 aliphatic carbocycles. The molecule has 0 aliphatic heterocycles. The van der Waals surface area contributed by atoms with Crippen molar-refractivity contribution in [2.24, 2.45) is 0 Å². The predicted octanol–water partition coefficient (Wildman–Crippen LogP) is 1.34. The van der Waals surface area contributed by atoms with Gasteiger partial charge < -0.3 is 15.5 Å². The Morgan fingerprint density at radius 3 is 2.56 bits per heavy atom. The van der Waals surface area contributed by atoms with E-state index in [0.717, 1.165) is 0 Å². The molecule has 18 heavy (non-hydrogen) atoms. The minimum Gasteiger partial charge on any atom is -0.394 e. The van der Waals surface area contributed by atoms with Crippen molar-refractivity contribution in [3.8, 4) is 0 Å². The van der Waals surface area contributed by atoms with Crippen LogP contribution in [0.1, 0.15) is 23.7 Å². The van der Waals surface area contributed by atoms with Crippen LogP contribution >= 0.6 is 11.6 Å². The molecule has 0 aromatic heterocycles. The van der Waals surface area contributed by atoms with E-state index in [-0.39, 0.29) is 10.6 Å². The Labute approximate surface area is 109 Å². The fourth-order valence-electron chi connectivity index (χ4n) is 1.43. The van der Waals surface area contributed by atoms with Crippen molar-refractivity contribution in [2.45, 2.75) is 18.9 Å². The number of carbonyl (C=O) groups excluding carboxylic acids is 1. The molecular formula is C12H15ClFNO3. The van der Waals surface area contributed by atoms with Crippen LogP contribution in [0.15, 0.2) is 18.2 Å². The minimum absolute atomic E-state index is 0.155. The highest BCUT2D eigenvalue weighted by Crippen LogP contribution is 2.19. The molecule has 1 aromatic carbocycles. The summed E-state index contributed by atoms with van der Waals surface area (Å²) in [5.41, 5.74) is -1.38. The Kier molecular flexibility index (Phi) is 5.07. The van der Waals surface area contributed by atoms with Gasteiger partial charge in [-0.1, -0.05) is 24.6 Å². The van der Waals surface area contributed by atoms with Gasteiger partial charge in [-0.15, -0.1) is 0 Å². The Hall–Kier alpha value is -1.17. The third-order valence-corrected chi connectivity index (χ3v) is 3.15. The van der Waals surface area contributed by atoms with Gasteiger partial charge in [0.2, 0.25) is 0 Å². The van der Waals surface area contributed by atoms with E-state index >= 15 is 0 Å². The quantitative estimate of drug-likeness (QED) is 0.760. The number of nitrogens with one attached hydrogen (secondary N) is 1.